The Bertz CT molecular complexity index is 1010. The second kappa shape index (κ2) is 7.70. The lowest BCUT2D eigenvalue weighted by Crippen LogP contribution is -1.97. The number of ether oxygens (including phenoxy) is 1. The molecule has 0 radical (unpaired) electrons. The first-order valence-corrected chi connectivity index (χ1v) is 8.67. The molecule has 0 unspecified atom stereocenters. The molecule has 0 saturated carbocycles. The van der Waals surface area contributed by atoms with Crippen LogP contribution in [-0.4, -0.2) is 15.1 Å². The number of phenolic OH excluding ortho intramolecular Hbond substituents is 1. The maximum absolute atomic E-state index is 9.51. The molecule has 0 atom stereocenters. The molecule has 0 aliphatic rings. The molecule has 4 aromatic rings. The molecule has 0 aliphatic heterocycles. The smallest absolute Gasteiger partial charge is 0.159 e. The van der Waals surface area contributed by atoms with E-state index in [9.17, 15) is 5.11 Å². The molecule has 0 aliphatic carbocycles. The van der Waals surface area contributed by atoms with Gasteiger partial charge in [-0.1, -0.05) is 66.7 Å². The highest BCUT2D eigenvalue weighted by molar-refractivity contribution is 5.80. The average molecular weight is 354 g/mol. The fourth-order valence-corrected chi connectivity index (χ4v) is 2.84. The van der Waals surface area contributed by atoms with Crippen LogP contribution in [0.5, 0.6) is 11.5 Å². The maximum atomic E-state index is 9.51. The van der Waals surface area contributed by atoms with Gasteiger partial charge in [-0.3, -0.25) is 0 Å². The van der Waals surface area contributed by atoms with Crippen molar-refractivity contribution in [1.82, 2.24) is 9.97 Å². The van der Waals surface area contributed by atoms with Gasteiger partial charge in [-0.25, -0.2) is 9.97 Å². The van der Waals surface area contributed by atoms with Crippen molar-refractivity contribution in [3.8, 4) is 34.0 Å². The molecule has 1 heterocycles. The standard InChI is InChI=1S/C23H18N2O2/c26-19-12-10-18(11-13-19)21-8-4-5-9-22(21)23-24-14-20(15-25-23)27-16-17-6-2-1-3-7-17/h1-15,26H,16H2. The third-order valence-corrected chi connectivity index (χ3v) is 4.22. The predicted octanol–water partition coefficient (Wildman–Crippen LogP) is 5.10. The number of aromatic hydroxyl groups is 1. The van der Waals surface area contributed by atoms with Crippen LogP contribution in [0.3, 0.4) is 0 Å². The zero-order valence-corrected chi connectivity index (χ0v) is 14.6. The summed E-state index contributed by atoms with van der Waals surface area (Å²) in [7, 11) is 0. The van der Waals surface area contributed by atoms with E-state index in [0.29, 0.717) is 18.2 Å². The summed E-state index contributed by atoms with van der Waals surface area (Å²) in [6.45, 7) is 0.480. The van der Waals surface area contributed by atoms with Crippen molar-refractivity contribution in [2.75, 3.05) is 0 Å². The molecule has 4 nitrogen and oxygen atoms in total. The molecule has 1 N–H and O–H groups in total. The molecule has 132 valence electrons. The summed E-state index contributed by atoms with van der Waals surface area (Å²) in [4.78, 5) is 8.96. The molecule has 0 bridgehead atoms. The molecule has 0 saturated heterocycles. The van der Waals surface area contributed by atoms with Crippen molar-refractivity contribution in [2.45, 2.75) is 6.61 Å². The molecule has 3 aromatic carbocycles. The lowest BCUT2D eigenvalue weighted by atomic mass is 9.99. The minimum absolute atomic E-state index is 0.243. The van der Waals surface area contributed by atoms with Crippen molar-refractivity contribution in [3.63, 3.8) is 0 Å². The van der Waals surface area contributed by atoms with Gasteiger partial charge in [0, 0.05) is 5.56 Å². The van der Waals surface area contributed by atoms with Gasteiger partial charge in [-0.15, -0.1) is 0 Å². The Morgan fingerprint density at radius 3 is 2.04 bits per heavy atom. The van der Waals surface area contributed by atoms with E-state index in [1.165, 1.54) is 0 Å². The zero-order chi connectivity index (χ0) is 18.5. The summed E-state index contributed by atoms with van der Waals surface area (Å²) >= 11 is 0. The summed E-state index contributed by atoms with van der Waals surface area (Å²) < 4.78 is 5.76. The quantitative estimate of drug-likeness (QED) is 0.542. The Labute approximate surface area is 157 Å². The van der Waals surface area contributed by atoms with Crippen molar-refractivity contribution in [3.05, 3.63) is 96.8 Å². The van der Waals surface area contributed by atoms with E-state index in [-0.39, 0.29) is 5.75 Å². The molecule has 27 heavy (non-hydrogen) atoms. The van der Waals surface area contributed by atoms with Crippen LogP contribution >= 0.6 is 0 Å². The minimum Gasteiger partial charge on any atom is -0.508 e. The summed E-state index contributed by atoms with van der Waals surface area (Å²) in [6, 6.07) is 25.0. The zero-order valence-electron chi connectivity index (χ0n) is 14.6. The SMILES string of the molecule is Oc1ccc(-c2ccccc2-c2ncc(OCc3ccccc3)cn2)cc1. The van der Waals surface area contributed by atoms with Gasteiger partial charge in [0.15, 0.2) is 11.6 Å². The normalized spacial score (nSPS) is 10.5. The molecular weight excluding hydrogens is 336 g/mol. The summed E-state index contributed by atoms with van der Waals surface area (Å²) in [5, 5.41) is 9.51. The predicted molar refractivity (Wildman–Crippen MR) is 105 cm³/mol. The van der Waals surface area contributed by atoms with Gasteiger partial charge in [-0.2, -0.15) is 0 Å². The third kappa shape index (κ3) is 3.96. The van der Waals surface area contributed by atoms with Crippen LogP contribution in [0.1, 0.15) is 5.56 Å². The summed E-state index contributed by atoms with van der Waals surface area (Å²) in [5.41, 5.74) is 4.03. The number of rotatable bonds is 5. The van der Waals surface area contributed by atoms with E-state index in [1.54, 1.807) is 24.5 Å². The monoisotopic (exact) mass is 354 g/mol. The topological polar surface area (TPSA) is 55.2 Å². The Balaban J connectivity index is 1.56. The molecular formula is C23H18N2O2. The molecule has 1 aromatic heterocycles. The first kappa shape index (κ1) is 16.8. The molecule has 0 amide bonds. The van der Waals surface area contributed by atoms with Crippen LogP contribution in [0, 0.1) is 0 Å². The average Bonchev–Trinajstić information content (AvgIpc) is 2.74. The van der Waals surface area contributed by atoms with Crippen LogP contribution in [-0.2, 0) is 6.61 Å². The van der Waals surface area contributed by atoms with E-state index in [2.05, 4.69) is 9.97 Å². The highest BCUT2D eigenvalue weighted by Crippen LogP contribution is 2.31. The number of aromatic nitrogens is 2. The van der Waals surface area contributed by atoms with E-state index in [4.69, 9.17) is 4.74 Å². The van der Waals surface area contributed by atoms with E-state index in [0.717, 1.165) is 22.3 Å². The highest BCUT2D eigenvalue weighted by Gasteiger charge is 2.10. The van der Waals surface area contributed by atoms with Gasteiger partial charge >= 0.3 is 0 Å². The second-order valence-corrected chi connectivity index (χ2v) is 6.11. The third-order valence-electron chi connectivity index (χ3n) is 4.22. The van der Waals surface area contributed by atoms with Crippen molar-refractivity contribution in [1.29, 1.82) is 0 Å². The fourth-order valence-electron chi connectivity index (χ4n) is 2.84. The van der Waals surface area contributed by atoms with E-state index in [1.807, 2.05) is 66.7 Å². The van der Waals surface area contributed by atoms with Crippen LogP contribution in [0.25, 0.3) is 22.5 Å². The van der Waals surface area contributed by atoms with Gasteiger partial charge in [-0.05, 0) is 28.8 Å². The van der Waals surface area contributed by atoms with E-state index >= 15 is 0 Å². The van der Waals surface area contributed by atoms with Crippen molar-refractivity contribution in [2.24, 2.45) is 0 Å². The van der Waals surface area contributed by atoms with Crippen molar-refractivity contribution < 1.29 is 9.84 Å². The van der Waals surface area contributed by atoms with Gasteiger partial charge in [0.25, 0.3) is 0 Å². The number of phenols is 1. The Morgan fingerprint density at radius 1 is 0.704 bits per heavy atom. The lowest BCUT2D eigenvalue weighted by molar-refractivity contribution is 0.303. The first-order chi connectivity index (χ1) is 13.3. The minimum atomic E-state index is 0.243. The Morgan fingerprint density at radius 2 is 1.33 bits per heavy atom. The van der Waals surface area contributed by atoms with Crippen LogP contribution in [0.2, 0.25) is 0 Å². The lowest BCUT2D eigenvalue weighted by Gasteiger charge is -2.10. The molecule has 0 fully saturated rings. The maximum Gasteiger partial charge on any atom is 0.159 e. The van der Waals surface area contributed by atoms with Crippen LogP contribution in [0.4, 0.5) is 0 Å². The molecule has 0 spiro atoms. The number of hydrogen-bond donors (Lipinski definition) is 1. The number of hydrogen-bond acceptors (Lipinski definition) is 4. The molecule has 4 rings (SSSR count). The van der Waals surface area contributed by atoms with Crippen LogP contribution < -0.4 is 4.74 Å². The van der Waals surface area contributed by atoms with Gasteiger partial charge in [0.05, 0.1) is 12.4 Å². The fraction of sp³-hybridized carbons (Fsp3) is 0.0435. The van der Waals surface area contributed by atoms with E-state index < -0.39 is 0 Å². The van der Waals surface area contributed by atoms with Gasteiger partial charge in [0.1, 0.15) is 12.4 Å². The van der Waals surface area contributed by atoms with Gasteiger partial charge in [0.2, 0.25) is 0 Å². The largest absolute Gasteiger partial charge is 0.508 e. The molecule has 4 heteroatoms. The summed E-state index contributed by atoms with van der Waals surface area (Å²) in [6.07, 6.45) is 3.39. The van der Waals surface area contributed by atoms with Crippen molar-refractivity contribution >= 4 is 0 Å². The van der Waals surface area contributed by atoms with Crippen LogP contribution in [0.15, 0.2) is 91.3 Å². The number of benzene rings is 3. The Kier molecular flexibility index (Phi) is 4.79. The number of nitrogens with zero attached hydrogens (tertiary/aromatic N) is 2. The highest BCUT2D eigenvalue weighted by atomic mass is 16.5. The Hall–Kier alpha value is -3.66. The first-order valence-electron chi connectivity index (χ1n) is 8.67. The summed E-state index contributed by atoms with van der Waals surface area (Å²) in [5.74, 6) is 1.50. The van der Waals surface area contributed by atoms with Gasteiger partial charge < -0.3 is 9.84 Å². The second-order valence-electron chi connectivity index (χ2n) is 6.11.